The minimum absolute atomic E-state index is 0.601. The largest absolute Gasteiger partial charge is 0.355 e. The first-order chi connectivity index (χ1) is 7.16. The van der Waals surface area contributed by atoms with Gasteiger partial charge in [-0.2, -0.15) is 0 Å². The van der Waals surface area contributed by atoms with Gasteiger partial charge in [0, 0.05) is 30.3 Å². The minimum Gasteiger partial charge on any atom is -0.355 e. The van der Waals surface area contributed by atoms with E-state index in [-0.39, 0.29) is 0 Å². The van der Waals surface area contributed by atoms with Gasteiger partial charge in [-0.25, -0.2) is 4.98 Å². The predicted octanol–water partition coefficient (Wildman–Crippen LogP) is 1.98. The van der Waals surface area contributed by atoms with Gasteiger partial charge in [-0.15, -0.1) is 0 Å². The summed E-state index contributed by atoms with van der Waals surface area (Å²) in [6.07, 6.45) is 3.08. The highest BCUT2D eigenvalue weighted by molar-refractivity contribution is 9.10. The second-order valence-electron chi connectivity index (χ2n) is 4.15. The minimum atomic E-state index is 0.601. The lowest BCUT2D eigenvalue weighted by molar-refractivity contribution is 0.409. The Morgan fingerprint density at radius 1 is 1.53 bits per heavy atom. The molecule has 0 radical (unpaired) electrons. The molecule has 4 heteroatoms. The standard InChI is InChI=1S/C11H16BrN3/c1-14-6-5-10(8-14)15(2)11-4-3-9(12)7-13-11/h3-4,7,10H,5-6,8H2,1-2H3. The molecule has 0 aromatic carbocycles. The van der Waals surface area contributed by atoms with Gasteiger partial charge < -0.3 is 9.80 Å². The molecule has 0 N–H and O–H groups in total. The molecule has 1 aromatic heterocycles. The third-order valence-corrected chi connectivity index (χ3v) is 3.46. The maximum Gasteiger partial charge on any atom is 0.128 e. The lowest BCUT2D eigenvalue weighted by Crippen LogP contribution is -2.34. The van der Waals surface area contributed by atoms with E-state index in [9.17, 15) is 0 Å². The number of hydrogen-bond donors (Lipinski definition) is 0. The fraction of sp³-hybridized carbons (Fsp3) is 0.545. The average Bonchev–Trinajstić information content (AvgIpc) is 2.65. The number of likely N-dealkylation sites (N-methyl/N-ethyl adjacent to an activating group) is 2. The predicted molar refractivity (Wildman–Crippen MR) is 66.2 cm³/mol. The lowest BCUT2D eigenvalue weighted by Gasteiger charge is -2.25. The fourth-order valence-corrected chi connectivity index (χ4v) is 2.23. The average molecular weight is 270 g/mol. The first kappa shape index (κ1) is 10.9. The molecule has 1 aliphatic rings. The zero-order chi connectivity index (χ0) is 10.8. The number of nitrogens with zero attached hydrogens (tertiary/aromatic N) is 3. The smallest absolute Gasteiger partial charge is 0.128 e. The van der Waals surface area contributed by atoms with Gasteiger partial charge in [0.1, 0.15) is 5.82 Å². The van der Waals surface area contributed by atoms with Crippen molar-refractivity contribution in [2.45, 2.75) is 12.5 Å². The topological polar surface area (TPSA) is 19.4 Å². The van der Waals surface area contributed by atoms with Crippen molar-refractivity contribution in [3.8, 4) is 0 Å². The van der Waals surface area contributed by atoms with E-state index in [1.54, 1.807) is 0 Å². The van der Waals surface area contributed by atoms with Gasteiger partial charge in [0.2, 0.25) is 0 Å². The molecular formula is C11H16BrN3. The molecule has 1 fully saturated rings. The van der Waals surface area contributed by atoms with Crippen LogP contribution >= 0.6 is 15.9 Å². The number of pyridine rings is 1. The van der Waals surface area contributed by atoms with Crippen LogP contribution in [-0.4, -0.2) is 43.1 Å². The maximum absolute atomic E-state index is 4.41. The van der Waals surface area contributed by atoms with E-state index in [0.29, 0.717) is 6.04 Å². The van der Waals surface area contributed by atoms with Crippen molar-refractivity contribution in [3.05, 3.63) is 22.8 Å². The summed E-state index contributed by atoms with van der Waals surface area (Å²) in [6.45, 7) is 2.32. The van der Waals surface area contributed by atoms with Gasteiger partial charge in [0.25, 0.3) is 0 Å². The SMILES string of the molecule is CN1CCC(N(C)c2ccc(Br)cn2)C1. The summed E-state index contributed by atoms with van der Waals surface area (Å²) >= 11 is 3.40. The first-order valence-electron chi connectivity index (χ1n) is 5.20. The molecule has 2 rings (SSSR count). The Balaban J connectivity index is 2.07. The van der Waals surface area contributed by atoms with Crippen molar-refractivity contribution in [1.82, 2.24) is 9.88 Å². The summed E-state index contributed by atoms with van der Waals surface area (Å²) in [5, 5.41) is 0. The summed E-state index contributed by atoms with van der Waals surface area (Å²) in [6, 6.07) is 4.70. The van der Waals surface area contributed by atoms with Gasteiger partial charge in [-0.1, -0.05) is 0 Å². The molecule has 15 heavy (non-hydrogen) atoms. The highest BCUT2D eigenvalue weighted by Crippen LogP contribution is 2.20. The summed E-state index contributed by atoms with van der Waals surface area (Å²) in [5.41, 5.74) is 0. The van der Waals surface area contributed by atoms with Gasteiger partial charge in [0.05, 0.1) is 0 Å². The first-order valence-corrected chi connectivity index (χ1v) is 5.99. The fourth-order valence-electron chi connectivity index (χ4n) is 1.99. The molecule has 1 unspecified atom stereocenters. The van der Waals surface area contributed by atoms with E-state index < -0.39 is 0 Å². The van der Waals surface area contributed by atoms with E-state index in [0.717, 1.165) is 16.8 Å². The van der Waals surface area contributed by atoms with Crippen LogP contribution < -0.4 is 4.90 Å². The molecular weight excluding hydrogens is 254 g/mol. The Morgan fingerprint density at radius 3 is 2.87 bits per heavy atom. The molecule has 0 saturated carbocycles. The van der Waals surface area contributed by atoms with Crippen LogP contribution in [0, 0.1) is 0 Å². The molecule has 2 heterocycles. The molecule has 0 amide bonds. The van der Waals surface area contributed by atoms with E-state index in [1.807, 2.05) is 12.3 Å². The van der Waals surface area contributed by atoms with Crippen LogP contribution in [0.3, 0.4) is 0 Å². The van der Waals surface area contributed by atoms with Crippen LogP contribution in [0.15, 0.2) is 22.8 Å². The lowest BCUT2D eigenvalue weighted by atomic mass is 10.2. The monoisotopic (exact) mass is 269 g/mol. The number of likely N-dealkylation sites (tertiary alicyclic amines) is 1. The van der Waals surface area contributed by atoms with Gasteiger partial charge in [-0.05, 0) is 48.1 Å². The second kappa shape index (κ2) is 4.49. The number of hydrogen-bond acceptors (Lipinski definition) is 3. The Hall–Kier alpha value is -0.610. The molecule has 1 aromatic rings. The van der Waals surface area contributed by atoms with Crippen LogP contribution in [0.5, 0.6) is 0 Å². The molecule has 0 bridgehead atoms. The summed E-state index contributed by atoms with van der Waals surface area (Å²) in [5.74, 6) is 1.05. The Labute approximate surface area is 99.2 Å². The Bertz CT molecular complexity index is 325. The van der Waals surface area contributed by atoms with Crippen molar-refractivity contribution in [2.75, 3.05) is 32.1 Å². The molecule has 0 aliphatic carbocycles. The Morgan fingerprint density at radius 2 is 2.33 bits per heavy atom. The third-order valence-electron chi connectivity index (χ3n) is 2.99. The van der Waals surface area contributed by atoms with Crippen LogP contribution in [0.25, 0.3) is 0 Å². The number of aromatic nitrogens is 1. The quantitative estimate of drug-likeness (QED) is 0.819. The normalized spacial score (nSPS) is 21.9. The van der Waals surface area contributed by atoms with Gasteiger partial charge in [-0.3, -0.25) is 0 Å². The van der Waals surface area contributed by atoms with Crippen LogP contribution in [0.4, 0.5) is 5.82 Å². The van der Waals surface area contributed by atoms with Gasteiger partial charge in [0.15, 0.2) is 0 Å². The van der Waals surface area contributed by atoms with Crippen molar-refractivity contribution >= 4 is 21.7 Å². The molecule has 1 saturated heterocycles. The number of anilines is 1. The zero-order valence-corrected chi connectivity index (χ0v) is 10.7. The summed E-state index contributed by atoms with van der Waals surface area (Å²) < 4.78 is 1.03. The van der Waals surface area contributed by atoms with E-state index in [1.165, 1.54) is 13.0 Å². The highest BCUT2D eigenvalue weighted by atomic mass is 79.9. The Kier molecular flexibility index (Phi) is 3.26. The molecule has 0 spiro atoms. The van der Waals surface area contributed by atoms with E-state index >= 15 is 0 Å². The number of halogens is 1. The second-order valence-corrected chi connectivity index (χ2v) is 5.07. The van der Waals surface area contributed by atoms with Gasteiger partial charge >= 0.3 is 0 Å². The molecule has 1 atom stereocenters. The van der Waals surface area contributed by atoms with Crippen molar-refractivity contribution in [3.63, 3.8) is 0 Å². The van der Waals surface area contributed by atoms with Crippen molar-refractivity contribution in [1.29, 1.82) is 0 Å². The van der Waals surface area contributed by atoms with E-state index in [2.05, 4.69) is 50.9 Å². The molecule has 82 valence electrons. The number of rotatable bonds is 2. The highest BCUT2D eigenvalue weighted by Gasteiger charge is 2.23. The van der Waals surface area contributed by atoms with Crippen LogP contribution in [0.2, 0.25) is 0 Å². The third kappa shape index (κ3) is 2.49. The maximum atomic E-state index is 4.41. The van der Waals surface area contributed by atoms with Crippen LogP contribution in [-0.2, 0) is 0 Å². The van der Waals surface area contributed by atoms with Crippen molar-refractivity contribution < 1.29 is 0 Å². The molecule has 1 aliphatic heterocycles. The van der Waals surface area contributed by atoms with Crippen LogP contribution in [0.1, 0.15) is 6.42 Å². The zero-order valence-electron chi connectivity index (χ0n) is 9.15. The summed E-state index contributed by atoms with van der Waals surface area (Å²) in [7, 11) is 4.29. The van der Waals surface area contributed by atoms with Crippen molar-refractivity contribution in [2.24, 2.45) is 0 Å². The summed E-state index contributed by atoms with van der Waals surface area (Å²) in [4.78, 5) is 9.04. The van der Waals surface area contributed by atoms with E-state index in [4.69, 9.17) is 0 Å². The molecule has 3 nitrogen and oxygen atoms in total.